The molecule has 2 aromatic heterocycles. The third kappa shape index (κ3) is 3.54. The number of anilines is 1. The molecule has 0 spiro atoms. The zero-order valence-corrected chi connectivity index (χ0v) is 15.3. The number of aromatic nitrogens is 4. The summed E-state index contributed by atoms with van der Waals surface area (Å²) in [5.41, 5.74) is 0.257. The minimum absolute atomic E-state index is 0.0431. The number of rotatable bonds is 3. The summed E-state index contributed by atoms with van der Waals surface area (Å²) in [6, 6.07) is 4.09. The summed E-state index contributed by atoms with van der Waals surface area (Å²) in [6.45, 7) is 6.01. The van der Waals surface area contributed by atoms with Gasteiger partial charge in [0.15, 0.2) is 5.13 Å². The second-order valence-electron chi connectivity index (χ2n) is 6.31. The first kappa shape index (κ1) is 17.5. The van der Waals surface area contributed by atoms with Crippen molar-refractivity contribution < 1.29 is 9.18 Å². The Morgan fingerprint density at radius 3 is 2.72 bits per heavy atom. The van der Waals surface area contributed by atoms with Crippen molar-refractivity contribution in [1.29, 1.82) is 0 Å². The van der Waals surface area contributed by atoms with E-state index in [1.54, 1.807) is 11.0 Å². The molecule has 1 N–H and O–H groups in total. The number of benzene rings is 1. The van der Waals surface area contributed by atoms with Gasteiger partial charge in [-0.3, -0.25) is 10.1 Å². The molecular weight excluding hydrogens is 365 g/mol. The molecule has 6 nitrogen and oxygen atoms in total. The molecule has 25 heavy (non-hydrogen) atoms. The van der Waals surface area contributed by atoms with Gasteiger partial charge in [-0.1, -0.05) is 49.8 Å². The van der Waals surface area contributed by atoms with Crippen LogP contribution in [0.1, 0.15) is 36.8 Å². The predicted molar refractivity (Wildman–Crippen MR) is 95.1 cm³/mol. The van der Waals surface area contributed by atoms with Crippen LogP contribution in [0.5, 0.6) is 0 Å². The summed E-state index contributed by atoms with van der Waals surface area (Å²) in [5, 5.41) is 7.85. The maximum Gasteiger partial charge on any atom is 0.261 e. The summed E-state index contributed by atoms with van der Waals surface area (Å²) in [7, 11) is 0. The number of hydrogen-bond acceptors (Lipinski definition) is 5. The van der Waals surface area contributed by atoms with Crippen molar-refractivity contribution in [2.45, 2.75) is 26.2 Å². The molecule has 0 aliphatic heterocycles. The van der Waals surface area contributed by atoms with Crippen LogP contribution >= 0.6 is 22.9 Å². The molecule has 0 atom stereocenters. The minimum Gasteiger partial charge on any atom is -0.298 e. The quantitative estimate of drug-likeness (QED) is 0.744. The van der Waals surface area contributed by atoms with Gasteiger partial charge in [-0.2, -0.15) is 5.10 Å². The van der Waals surface area contributed by atoms with Gasteiger partial charge >= 0.3 is 0 Å². The number of halogens is 2. The Kier molecular flexibility index (Phi) is 4.57. The Balaban J connectivity index is 1.98. The zero-order chi connectivity index (χ0) is 18.2. The highest BCUT2D eigenvalue weighted by molar-refractivity contribution is 7.18. The average molecular weight is 380 g/mol. The van der Waals surface area contributed by atoms with E-state index in [0.717, 1.165) is 10.7 Å². The monoisotopic (exact) mass is 379 g/mol. The molecule has 0 fully saturated rings. The number of thiazole rings is 1. The standard InChI is InChI=1S/C16H15ClFN5OS/c1-16(2,3)12-14(23-8-19-7-20-23)25-15(21-12)22-13(24)11-9(17)5-4-6-10(11)18/h4-8H,1-3H3,(H,21,22,24). The molecule has 0 aliphatic carbocycles. The zero-order valence-electron chi connectivity index (χ0n) is 13.7. The smallest absolute Gasteiger partial charge is 0.261 e. The minimum atomic E-state index is -0.686. The second-order valence-corrected chi connectivity index (χ2v) is 7.70. The van der Waals surface area contributed by atoms with Crippen molar-refractivity contribution in [3.63, 3.8) is 0 Å². The van der Waals surface area contributed by atoms with Crippen LogP contribution in [0.3, 0.4) is 0 Å². The fourth-order valence-electron chi connectivity index (χ4n) is 2.20. The Labute approximate surface area is 152 Å². The van der Waals surface area contributed by atoms with E-state index in [1.165, 1.54) is 35.9 Å². The fourth-order valence-corrected chi connectivity index (χ4v) is 3.55. The molecular formula is C16H15ClFN5OS. The molecule has 0 radical (unpaired) electrons. The Morgan fingerprint density at radius 2 is 2.12 bits per heavy atom. The highest BCUT2D eigenvalue weighted by atomic mass is 35.5. The van der Waals surface area contributed by atoms with E-state index in [-0.39, 0.29) is 16.0 Å². The highest BCUT2D eigenvalue weighted by Gasteiger charge is 2.26. The lowest BCUT2D eigenvalue weighted by Crippen LogP contribution is -2.16. The third-order valence-electron chi connectivity index (χ3n) is 3.36. The third-order valence-corrected chi connectivity index (χ3v) is 4.63. The van der Waals surface area contributed by atoms with Crippen LogP contribution in [0.2, 0.25) is 5.02 Å². The van der Waals surface area contributed by atoms with E-state index in [4.69, 9.17) is 11.6 Å². The van der Waals surface area contributed by atoms with Crippen LogP contribution in [0, 0.1) is 5.82 Å². The fraction of sp³-hybridized carbons (Fsp3) is 0.250. The molecule has 3 aromatic rings. The number of carbonyl (C=O) groups excluding carboxylic acids is 1. The van der Waals surface area contributed by atoms with E-state index in [9.17, 15) is 9.18 Å². The van der Waals surface area contributed by atoms with E-state index < -0.39 is 11.7 Å². The molecule has 130 valence electrons. The van der Waals surface area contributed by atoms with Crippen molar-refractivity contribution >= 4 is 34.0 Å². The number of nitrogens with zero attached hydrogens (tertiary/aromatic N) is 4. The van der Waals surface area contributed by atoms with Crippen molar-refractivity contribution in [1.82, 2.24) is 19.7 Å². The average Bonchev–Trinajstić information content (AvgIpc) is 3.14. The lowest BCUT2D eigenvalue weighted by Gasteiger charge is -2.16. The van der Waals surface area contributed by atoms with Crippen LogP contribution in [0.4, 0.5) is 9.52 Å². The number of nitrogens with one attached hydrogen (secondary N) is 1. The van der Waals surface area contributed by atoms with Crippen LogP contribution < -0.4 is 5.32 Å². The van der Waals surface area contributed by atoms with Gasteiger partial charge in [-0.05, 0) is 12.1 Å². The molecule has 1 amide bonds. The van der Waals surface area contributed by atoms with Gasteiger partial charge in [0.05, 0.1) is 16.3 Å². The Hall–Kier alpha value is -2.32. The molecule has 3 rings (SSSR count). The summed E-state index contributed by atoms with van der Waals surface area (Å²) in [6.07, 6.45) is 2.98. The molecule has 2 heterocycles. The first-order valence-electron chi connectivity index (χ1n) is 7.39. The van der Waals surface area contributed by atoms with E-state index in [1.807, 2.05) is 20.8 Å². The lowest BCUT2D eigenvalue weighted by molar-refractivity contribution is 0.102. The van der Waals surface area contributed by atoms with Crippen molar-refractivity contribution in [3.8, 4) is 5.00 Å². The van der Waals surface area contributed by atoms with Crippen molar-refractivity contribution in [2.75, 3.05) is 5.32 Å². The van der Waals surface area contributed by atoms with Gasteiger partial charge in [-0.25, -0.2) is 19.0 Å². The van der Waals surface area contributed by atoms with Gasteiger partial charge in [0, 0.05) is 5.41 Å². The second kappa shape index (κ2) is 6.53. The van der Waals surface area contributed by atoms with Crippen LogP contribution in [0.25, 0.3) is 5.00 Å². The molecule has 0 bridgehead atoms. The molecule has 0 saturated carbocycles. The largest absolute Gasteiger partial charge is 0.298 e. The summed E-state index contributed by atoms with van der Waals surface area (Å²) in [5.74, 6) is -1.34. The molecule has 0 saturated heterocycles. The van der Waals surface area contributed by atoms with Crippen LogP contribution in [-0.4, -0.2) is 25.7 Å². The summed E-state index contributed by atoms with van der Waals surface area (Å²) >= 11 is 7.17. The van der Waals surface area contributed by atoms with Crippen molar-refractivity contribution in [3.05, 3.63) is 53.0 Å². The topological polar surface area (TPSA) is 72.7 Å². The van der Waals surface area contributed by atoms with E-state index >= 15 is 0 Å². The van der Waals surface area contributed by atoms with Gasteiger partial charge in [0.1, 0.15) is 23.5 Å². The van der Waals surface area contributed by atoms with E-state index in [0.29, 0.717) is 5.13 Å². The molecule has 0 unspecified atom stereocenters. The Bertz CT molecular complexity index is 897. The maximum absolute atomic E-state index is 13.9. The first-order valence-corrected chi connectivity index (χ1v) is 8.58. The number of amides is 1. The first-order chi connectivity index (χ1) is 11.8. The maximum atomic E-state index is 13.9. The van der Waals surface area contributed by atoms with Crippen LogP contribution in [0.15, 0.2) is 30.9 Å². The molecule has 1 aromatic carbocycles. The lowest BCUT2D eigenvalue weighted by atomic mass is 9.92. The van der Waals surface area contributed by atoms with Crippen molar-refractivity contribution in [2.24, 2.45) is 0 Å². The SMILES string of the molecule is CC(C)(C)c1nc(NC(=O)c2c(F)cccc2Cl)sc1-n1cncn1. The summed E-state index contributed by atoms with van der Waals surface area (Å²) < 4.78 is 15.5. The van der Waals surface area contributed by atoms with E-state index in [2.05, 4.69) is 20.4 Å². The number of hydrogen-bond donors (Lipinski definition) is 1. The summed E-state index contributed by atoms with van der Waals surface area (Å²) in [4.78, 5) is 20.8. The molecule has 0 aliphatic rings. The van der Waals surface area contributed by atoms with Gasteiger partial charge < -0.3 is 0 Å². The normalized spacial score (nSPS) is 11.6. The Morgan fingerprint density at radius 1 is 1.36 bits per heavy atom. The van der Waals surface area contributed by atoms with Gasteiger partial charge in [0.25, 0.3) is 5.91 Å². The van der Waals surface area contributed by atoms with Gasteiger partial charge in [-0.15, -0.1) is 0 Å². The van der Waals surface area contributed by atoms with Gasteiger partial charge in [0.2, 0.25) is 0 Å². The molecule has 9 heteroatoms. The van der Waals surface area contributed by atoms with Crippen LogP contribution in [-0.2, 0) is 5.41 Å². The number of carbonyl (C=O) groups is 1. The highest BCUT2D eigenvalue weighted by Crippen LogP contribution is 2.34. The predicted octanol–water partition coefficient (Wildman–Crippen LogP) is 4.07.